The SMILES string of the molecule is CO[C@H](c1ccccc1)[C@@H](NC(=O)N[C@H](C(=O)N1C[C@H]2[C@@H]([C@H]1C(=O)NC(C(=O)C(N)=O)C1CC1)C2(C)C)C(C)(C)C)C(C)C. The molecule has 0 spiro atoms. The third-order valence-electron chi connectivity index (χ3n) is 9.79. The molecule has 1 aliphatic heterocycles. The highest BCUT2D eigenvalue weighted by Crippen LogP contribution is 2.65. The Hall–Kier alpha value is -3.47. The van der Waals surface area contributed by atoms with Crippen molar-refractivity contribution in [3.8, 4) is 0 Å². The molecule has 2 aliphatic carbocycles. The Labute approximate surface area is 260 Å². The van der Waals surface area contributed by atoms with Crippen LogP contribution in [-0.2, 0) is 23.9 Å². The number of fused-ring (bicyclic) bond motifs is 1. The number of ether oxygens (including phenoxy) is 1. The quantitative estimate of drug-likeness (QED) is 0.266. The van der Waals surface area contributed by atoms with Gasteiger partial charge in [0, 0.05) is 13.7 Å². The van der Waals surface area contributed by atoms with Gasteiger partial charge >= 0.3 is 6.03 Å². The predicted molar refractivity (Wildman–Crippen MR) is 165 cm³/mol. The second kappa shape index (κ2) is 12.5. The number of amides is 5. The van der Waals surface area contributed by atoms with Gasteiger partial charge in [-0.05, 0) is 52.9 Å². The molecule has 242 valence electrons. The fourth-order valence-electron chi connectivity index (χ4n) is 6.90. The number of rotatable bonds is 12. The molecule has 0 aromatic heterocycles. The van der Waals surface area contributed by atoms with Gasteiger partial charge in [0.25, 0.3) is 5.91 Å². The molecule has 1 unspecified atom stereocenters. The summed E-state index contributed by atoms with van der Waals surface area (Å²) in [7, 11) is 1.60. The van der Waals surface area contributed by atoms with Crippen molar-refractivity contribution in [2.24, 2.45) is 40.2 Å². The number of nitrogens with one attached hydrogen (secondary N) is 3. The molecule has 5 amide bonds. The predicted octanol–water partition coefficient (Wildman–Crippen LogP) is 2.54. The smallest absolute Gasteiger partial charge is 0.315 e. The van der Waals surface area contributed by atoms with E-state index in [1.807, 2.05) is 65.0 Å². The van der Waals surface area contributed by atoms with Crippen LogP contribution in [0, 0.1) is 34.5 Å². The molecule has 3 aliphatic rings. The fraction of sp³-hybridized carbons (Fsp3) is 0.667. The van der Waals surface area contributed by atoms with E-state index in [1.54, 1.807) is 12.0 Å². The van der Waals surface area contributed by atoms with Crippen LogP contribution >= 0.6 is 0 Å². The van der Waals surface area contributed by atoms with Crippen LogP contribution in [0.3, 0.4) is 0 Å². The molecule has 1 saturated heterocycles. The summed E-state index contributed by atoms with van der Waals surface area (Å²) in [5.41, 5.74) is 5.34. The lowest BCUT2D eigenvalue weighted by atomic mass is 9.85. The number of primary amides is 1. The Morgan fingerprint density at radius 3 is 2.11 bits per heavy atom. The fourth-order valence-corrected chi connectivity index (χ4v) is 6.90. The van der Waals surface area contributed by atoms with E-state index in [-0.39, 0.29) is 41.0 Å². The number of ketones is 1. The van der Waals surface area contributed by atoms with Crippen molar-refractivity contribution in [2.45, 2.75) is 91.6 Å². The Kier molecular flexibility index (Phi) is 9.49. The number of nitrogens with zero attached hydrogens (tertiary/aromatic N) is 1. The van der Waals surface area contributed by atoms with Crippen LogP contribution in [0.15, 0.2) is 30.3 Å². The molecule has 4 rings (SSSR count). The molecule has 1 heterocycles. The standard InChI is InChI=1S/C33H49N5O6/c1-17(2)22(26(44-8)19-12-10-9-11-13-19)36-31(43)37-27(32(3,4)5)30(42)38-16-20-21(33(20,6)7)24(38)29(41)35-23(18-14-15-18)25(39)28(34)40/h9-13,17-18,20-24,26-27H,14-16H2,1-8H3,(H2,34,40)(H,35,41)(H2,36,37,43)/t20-,21-,22-,23?,24-,26+,27+/m0/s1. The number of hydrogen-bond donors (Lipinski definition) is 4. The molecule has 11 nitrogen and oxygen atoms in total. The Bertz CT molecular complexity index is 1270. The number of urea groups is 1. The van der Waals surface area contributed by atoms with Gasteiger partial charge in [0.15, 0.2) is 0 Å². The van der Waals surface area contributed by atoms with Crippen LogP contribution in [0.4, 0.5) is 4.79 Å². The number of piperidine rings is 1. The maximum Gasteiger partial charge on any atom is 0.315 e. The summed E-state index contributed by atoms with van der Waals surface area (Å²) in [5, 5.41) is 8.73. The number of nitrogens with two attached hydrogens (primary N) is 1. The van der Waals surface area contributed by atoms with E-state index >= 15 is 0 Å². The largest absolute Gasteiger partial charge is 0.375 e. The van der Waals surface area contributed by atoms with Gasteiger partial charge in [-0.25, -0.2) is 4.79 Å². The normalized spacial score (nSPS) is 24.8. The average Bonchev–Trinajstić information content (AvgIpc) is 3.82. The number of Topliss-reactive ketones (excluding diaryl/α,β-unsaturated/α-hetero) is 1. The summed E-state index contributed by atoms with van der Waals surface area (Å²) in [5.74, 6) is -2.88. The second-order valence-corrected chi connectivity index (χ2v) is 14.7. The first kappa shape index (κ1) is 33.4. The van der Waals surface area contributed by atoms with Gasteiger partial charge in [-0.15, -0.1) is 0 Å². The van der Waals surface area contributed by atoms with Gasteiger partial charge in [-0.1, -0.05) is 78.8 Å². The number of carbonyl (C=O) groups is 5. The minimum atomic E-state index is -1.09. The van der Waals surface area contributed by atoms with E-state index in [0.29, 0.717) is 19.4 Å². The minimum Gasteiger partial charge on any atom is -0.375 e. The van der Waals surface area contributed by atoms with Crippen molar-refractivity contribution in [2.75, 3.05) is 13.7 Å². The summed E-state index contributed by atoms with van der Waals surface area (Å²) in [6, 6.07) is 5.96. The molecule has 2 saturated carbocycles. The topological polar surface area (TPSA) is 160 Å². The summed E-state index contributed by atoms with van der Waals surface area (Å²) in [6.45, 7) is 14.1. The zero-order chi connectivity index (χ0) is 32.7. The minimum absolute atomic E-state index is 0.0122. The monoisotopic (exact) mass is 611 g/mol. The van der Waals surface area contributed by atoms with Crippen molar-refractivity contribution in [1.82, 2.24) is 20.9 Å². The van der Waals surface area contributed by atoms with E-state index in [2.05, 4.69) is 29.8 Å². The van der Waals surface area contributed by atoms with Crippen molar-refractivity contribution < 1.29 is 28.7 Å². The van der Waals surface area contributed by atoms with Crippen LogP contribution in [0.25, 0.3) is 0 Å². The molecule has 11 heteroatoms. The zero-order valence-electron chi connectivity index (χ0n) is 27.2. The summed E-state index contributed by atoms with van der Waals surface area (Å²) < 4.78 is 5.81. The van der Waals surface area contributed by atoms with Crippen LogP contribution in [0.2, 0.25) is 0 Å². The van der Waals surface area contributed by atoms with Crippen LogP contribution in [0.5, 0.6) is 0 Å². The molecule has 5 N–H and O–H groups in total. The van der Waals surface area contributed by atoms with E-state index in [4.69, 9.17) is 10.5 Å². The number of hydrogen-bond acceptors (Lipinski definition) is 6. The van der Waals surface area contributed by atoms with Crippen molar-refractivity contribution in [3.05, 3.63) is 35.9 Å². The zero-order valence-corrected chi connectivity index (χ0v) is 27.2. The average molecular weight is 612 g/mol. The number of methoxy groups -OCH3 is 1. The van der Waals surface area contributed by atoms with Gasteiger partial charge in [-0.3, -0.25) is 19.2 Å². The molecule has 3 fully saturated rings. The highest BCUT2D eigenvalue weighted by molar-refractivity contribution is 6.38. The lowest BCUT2D eigenvalue weighted by molar-refractivity contribution is -0.145. The van der Waals surface area contributed by atoms with Gasteiger partial charge in [-0.2, -0.15) is 0 Å². The van der Waals surface area contributed by atoms with Gasteiger partial charge < -0.3 is 31.3 Å². The highest BCUT2D eigenvalue weighted by atomic mass is 16.5. The van der Waals surface area contributed by atoms with E-state index in [0.717, 1.165) is 5.56 Å². The maximum atomic E-state index is 14.3. The van der Waals surface area contributed by atoms with E-state index in [9.17, 15) is 24.0 Å². The maximum absolute atomic E-state index is 14.3. The van der Waals surface area contributed by atoms with Crippen molar-refractivity contribution in [1.29, 1.82) is 0 Å². The molecule has 0 bridgehead atoms. The van der Waals surface area contributed by atoms with Gasteiger partial charge in [0.1, 0.15) is 24.2 Å². The van der Waals surface area contributed by atoms with E-state index in [1.165, 1.54) is 0 Å². The summed E-state index contributed by atoms with van der Waals surface area (Å²) in [6.07, 6.45) is 1.02. The number of benzene rings is 1. The lowest BCUT2D eigenvalue weighted by Gasteiger charge is -2.38. The van der Waals surface area contributed by atoms with E-state index < -0.39 is 53.3 Å². The number of carbonyl (C=O) groups excluding carboxylic acids is 5. The molecule has 0 radical (unpaired) electrons. The molecule has 44 heavy (non-hydrogen) atoms. The van der Waals surface area contributed by atoms with Crippen LogP contribution in [-0.4, -0.2) is 72.3 Å². The molecular weight excluding hydrogens is 562 g/mol. The molecule has 7 atom stereocenters. The van der Waals surface area contributed by atoms with Crippen LogP contribution in [0.1, 0.15) is 73.0 Å². The molecule has 1 aromatic rings. The third-order valence-corrected chi connectivity index (χ3v) is 9.79. The first-order valence-electron chi connectivity index (χ1n) is 15.6. The first-order valence-corrected chi connectivity index (χ1v) is 15.6. The Morgan fingerprint density at radius 2 is 1.61 bits per heavy atom. The van der Waals surface area contributed by atoms with Gasteiger partial charge in [0.05, 0.1) is 6.04 Å². The van der Waals surface area contributed by atoms with Gasteiger partial charge in [0.2, 0.25) is 17.6 Å². The summed E-state index contributed by atoms with van der Waals surface area (Å²) in [4.78, 5) is 67.4. The molecular formula is C33H49N5O6. The Morgan fingerprint density at radius 1 is 1.00 bits per heavy atom. The second-order valence-electron chi connectivity index (χ2n) is 14.7. The Balaban J connectivity index is 1.54. The summed E-state index contributed by atoms with van der Waals surface area (Å²) >= 11 is 0. The van der Waals surface area contributed by atoms with Crippen molar-refractivity contribution >= 4 is 29.5 Å². The third kappa shape index (κ3) is 6.77. The lowest BCUT2D eigenvalue weighted by Crippen LogP contribution is -2.62. The first-order chi connectivity index (χ1) is 20.5. The van der Waals surface area contributed by atoms with Crippen molar-refractivity contribution in [3.63, 3.8) is 0 Å². The number of likely N-dealkylation sites (tertiary alicyclic amines) is 1. The molecule has 1 aromatic carbocycles. The van der Waals surface area contributed by atoms with Crippen LogP contribution < -0.4 is 21.7 Å². The highest BCUT2D eigenvalue weighted by Gasteiger charge is 2.70.